The molecule has 2 aromatic heterocycles. The first-order valence-electron chi connectivity index (χ1n) is 5.09. The van der Waals surface area contributed by atoms with Gasteiger partial charge in [0.1, 0.15) is 5.82 Å². The lowest BCUT2D eigenvalue weighted by Crippen LogP contribution is -2.14. The Kier molecular flexibility index (Phi) is 3.91. The van der Waals surface area contributed by atoms with Gasteiger partial charge >= 0.3 is 0 Å². The quantitative estimate of drug-likeness (QED) is 0.944. The van der Waals surface area contributed by atoms with Crippen molar-refractivity contribution in [3.63, 3.8) is 0 Å². The molecule has 0 saturated heterocycles. The summed E-state index contributed by atoms with van der Waals surface area (Å²) in [5.41, 5.74) is 1.05. The van der Waals surface area contributed by atoms with E-state index in [1.54, 1.807) is 17.5 Å². The molecule has 2 aromatic rings. The molecule has 0 atom stereocenters. The molecular formula is C12H11BrN2OS. The lowest BCUT2D eigenvalue weighted by atomic mass is 10.3. The van der Waals surface area contributed by atoms with Crippen LogP contribution in [0.3, 0.4) is 0 Å². The number of aryl methyl sites for hydroxylation is 1. The predicted molar refractivity (Wildman–Crippen MR) is 73.3 cm³/mol. The second-order valence-corrected chi connectivity index (χ2v) is 5.51. The molecule has 17 heavy (non-hydrogen) atoms. The standard InChI is InChI=1S/C12H11BrN2OS/c1-8-5-11(14-7-10(8)13)15-12(16)6-9-3-2-4-17-9/h2-5,7H,6H2,1H3,(H,14,15,16). The molecule has 0 saturated carbocycles. The molecule has 5 heteroatoms. The lowest BCUT2D eigenvalue weighted by molar-refractivity contribution is -0.115. The van der Waals surface area contributed by atoms with E-state index in [1.807, 2.05) is 30.5 Å². The maximum atomic E-state index is 11.7. The Bertz CT molecular complexity index is 525. The second-order valence-electron chi connectivity index (χ2n) is 3.62. The van der Waals surface area contributed by atoms with Crippen LogP contribution in [0.4, 0.5) is 5.82 Å². The third kappa shape index (κ3) is 3.38. The summed E-state index contributed by atoms with van der Waals surface area (Å²) in [5, 5.41) is 4.75. The van der Waals surface area contributed by atoms with Crippen LogP contribution in [0.5, 0.6) is 0 Å². The zero-order valence-corrected chi connectivity index (χ0v) is 11.6. The van der Waals surface area contributed by atoms with Crippen LogP contribution in [0, 0.1) is 6.92 Å². The summed E-state index contributed by atoms with van der Waals surface area (Å²) in [4.78, 5) is 16.9. The van der Waals surface area contributed by atoms with Gasteiger partial charge in [-0.25, -0.2) is 4.98 Å². The maximum Gasteiger partial charge on any atom is 0.230 e. The molecular weight excluding hydrogens is 300 g/mol. The molecule has 1 N–H and O–H groups in total. The number of carbonyl (C=O) groups is 1. The van der Waals surface area contributed by atoms with Crippen LogP contribution in [0.2, 0.25) is 0 Å². The highest BCUT2D eigenvalue weighted by Crippen LogP contribution is 2.17. The summed E-state index contributed by atoms with van der Waals surface area (Å²) >= 11 is 4.95. The Morgan fingerprint density at radius 3 is 3.06 bits per heavy atom. The molecule has 0 radical (unpaired) electrons. The summed E-state index contributed by atoms with van der Waals surface area (Å²) in [6.07, 6.45) is 2.09. The van der Waals surface area contributed by atoms with Crippen molar-refractivity contribution in [2.24, 2.45) is 0 Å². The molecule has 2 heterocycles. The minimum atomic E-state index is -0.0401. The first-order chi connectivity index (χ1) is 8.15. The van der Waals surface area contributed by atoms with Crippen LogP contribution in [-0.4, -0.2) is 10.9 Å². The summed E-state index contributed by atoms with van der Waals surface area (Å²) in [7, 11) is 0. The van der Waals surface area contributed by atoms with E-state index in [0.29, 0.717) is 12.2 Å². The minimum Gasteiger partial charge on any atom is -0.310 e. The number of rotatable bonds is 3. The number of nitrogens with one attached hydrogen (secondary N) is 1. The second kappa shape index (κ2) is 5.42. The Hall–Kier alpha value is -1.20. The van der Waals surface area contributed by atoms with Crippen LogP contribution in [0.1, 0.15) is 10.4 Å². The van der Waals surface area contributed by atoms with Gasteiger partial charge < -0.3 is 5.32 Å². The van der Waals surface area contributed by atoms with E-state index in [9.17, 15) is 4.79 Å². The third-order valence-corrected chi connectivity index (χ3v) is 3.94. The van der Waals surface area contributed by atoms with E-state index in [4.69, 9.17) is 0 Å². The van der Waals surface area contributed by atoms with Crippen molar-refractivity contribution in [2.45, 2.75) is 13.3 Å². The van der Waals surface area contributed by atoms with Crippen molar-refractivity contribution < 1.29 is 4.79 Å². The first-order valence-corrected chi connectivity index (χ1v) is 6.77. The van der Waals surface area contributed by atoms with Gasteiger partial charge in [0, 0.05) is 15.5 Å². The van der Waals surface area contributed by atoms with Crippen molar-refractivity contribution in [3.8, 4) is 0 Å². The van der Waals surface area contributed by atoms with Crippen LogP contribution >= 0.6 is 27.3 Å². The highest BCUT2D eigenvalue weighted by molar-refractivity contribution is 9.10. The lowest BCUT2D eigenvalue weighted by Gasteiger charge is -2.05. The summed E-state index contributed by atoms with van der Waals surface area (Å²) < 4.78 is 0.939. The van der Waals surface area contributed by atoms with Gasteiger partial charge in [0.05, 0.1) is 6.42 Å². The number of pyridine rings is 1. The van der Waals surface area contributed by atoms with E-state index in [0.717, 1.165) is 14.9 Å². The Labute approximate surface area is 112 Å². The highest BCUT2D eigenvalue weighted by Gasteiger charge is 2.06. The van der Waals surface area contributed by atoms with Crippen molar-refractivity contribution in [3.05, 3.63) is 44.7 Å². The highest BCUT2D eigenvalue weighted by atomic mass is 79.9. The van der Waals surface area contributed by atoms with Gasteiger partial charge in [0.25, 0.3) is 0 Å². The third-order valence-electron chi connectivity index (χ3n) is 2.23. The monoisotopic (exact) mass is 310 g/mol. The molecule has 0 aromatic carbocycles. The number of amides is 1. The van der Waals surface area contributed by atoms with Gasteiger partial charge in [-0.1, -0.05) is 6.07 Å². The molecule has 88 valence electrons. The summed E-state index contributed by atoms with van der Waals surface area (Å²) in [5.74, 6) is 0.550. The van der Waals surface area contributed by atoms with Crippen molar-refractivity contribution >= 4 is 39.0 Å². The van der Waals surface area contributed by atoms with E-state index in [1.165, 1.54) is 0 Å². The number of halogens is 1. The Morgan fingerprint density at radius 1 is 1.59 bits per heavy atom. The predicted octanol–water partition coefficient (Wildman–Crippen LogP) is 3.40. The molecule has 0 aliphatic rings. The van der Waals surface area contributed by atoms with Crippen molar-refractivity contribution in [1.29, 1.82) is 0 Å². The average molecular weight is 311 g/mol. The molecule has 3 nitrogen and oxygen atoms in total. The molecule has 2 rings (SSSR count). The smallest absolute Gasteiger partial charge is 0.230 e. The van der Waals surface area contributed by atoms with Crippen molar-refractivity contribution in [1.82, 2.24) is 4.98 Å². The largest absolute Gasteiger partial charge is 0.310 e. The molecule has 0 aliphatic heterocycles. The SMILES string of the molecule is Cc1cc(NC(=O)Cc2cccs2)ncc1Br. The fourth-order valence-corrected chi connectivity index (χ4v) is 2.29. The van der Waals surface area contributed by atoms with Crippen LogP contribution in [0.15, 0.2) is 34.2 Å². The van der Waals surface area contributed by atoms with E-state index in [-0.39, 0.29) is 5.91 Å². The fraction of sp³-hybridized carbons (Fsp3) is 0.167. The number of aromatic nitrogens is 1. The van der Waals surface area contributed by atoms with Gasteiger partial charge in [-0.3, -0.25) is 4.79 Å². The number of hydrogen-bond donors (Lipinski definition) is 1. The van der Waals surface area contributed by atoms with Crippen molar-refractivity contribution in [2.75, 3.05) is 5.32 Å². The van der Waals surface area contributed by atoms with Gasteiger partial charge in [-0.05, 0) is 45.9 Å². The number of hydrogen-bond acceptors (Lipinski definition) is 3. The van der Waals surface area contributed by atoms with Gasteiger partial charge in [-0.15, -0.1) is 11.3 Å². The Morgan fingerprint density at radius 2 is 2.41 bits per heavy atom. The summed E-state index contributed by atoms with van der Waals surface area (Å²) in [6.45, 7) is 1.96. The molecule has 0 unspecified atom stereocenters. The molecule has 0 bridgehead atoms. The van der Waals surface area contributed by atoms with E-state index >= 15 is 0 Å². The van der Waals surface area contributed by atoms with Gasteiger partial charge in [0.15, 0.2) is 0 Å². The Balaban J connectivity index is 2.00. The number of thiophene rings is 1. The number of anilines is 1. The molecule has 0 fully saturated rings. The summed E-state index contributed by atoms with van der Waals surface area (Å²) in [6, 6.07) is 5.73. The number of carbonyl (C=O) groups excluding carboxylic acids is 1. The first kappa shape index (κ1) is 12.3. The normalized spacial score (nSPS) is 10.2. The van der Waals surface area contributed by atoms with E-state index in [2.05, 4.69) is 26.2 Å². The molecule has 0 spiro atoms. The van der Waals surface area contributed by atoms with E-state index < -0.39 is 0 Å². The number of nitrogens with zero attached hydrogens (tertiary/aromatic N) is 1. The molecule has 0 aliphatic carbocycles. The zero-order chi connectivity index (χ0) is 12.3. The zero-order valence-electron chi connectivity index (χ0n) is 9.24. The molecule has 1 amide bonds. The van der Waals surface area contributed by atoms with Gasteiger partial charge in [0.2, 0.25) is 5.91 Å². The maximum absolute atomic E-state index is 11.7. The topological polar surface area (TPSA) is 42.0 Å². The van der Waals surface area contributed by atoms with Crippen LogP contribution < -0.4 is 5.32 Å². The van der Waals surface area contributed by atoms with Crippen LogP contribution in [0.25, 0.3) is 0 Å². The average Bonchev–Trinajstić information content (AvgIpc) is 2.76. The fourth-order valence-electron chi connectivity index (χ4n) is 1.37. The van der Waals surface area contributed by atoms with Crippen LogP contribution in [-0.2, 0) is 11.2 Å². The minimum absolute atomic E-state index is 0.0401. The van der Waals surface area contributed by atoms with Gasteiger partial charge in [-0.2, -0.15) is 0 Å².